The van der Waals surface area contributed by atoms with Crippen molar-refractivity contribution in [3.8, 4) is 0 Å². The van der Waals surface area contributed by atoms with Gasteiger partial charge in [0.25, 0.3) is 0 Å². The molecule has 22 heavy (non-hydrogen) atoms. The lowest BCUT2D eigenvalue weighted by Crippen LogP contribution is -2.50. The van der Waals surface area contributed by atoms with E-state index in [1.807, 2.05) is 4.90 Å². The first-order chi connectivity index (χ1) is 9.99. The lowest BCUT2D eigenvalue weighted by molar-refractivity contribution is -0.135. The maximum absolute atomic E-state index is 12.4. The molecule has 2 atom stereocenters. The van der Waals surface area contributed by atoms with Crippen molar-refractivity contribution in [2.75, 3.05) is 33.2 Å². The molecule has 0 saturated carbocycles. The molecule has 0 aromatic carbocycles. The fourth-order valence-corrected chi connectivity index (χ4v) is 3.00. The first-order valence-corrected chi connectivity index (χ1v) is 8.72. The van der Waals surface area contributed by atoms with E-state index in [2.05, 4.69) is 32.7 Å². The molecule has 0 bridgehead atoms. The highest BCUT2D eigenvalue weighted by Gasteiger charge is 2.28. The standard InChI is InChI=1S/C17H35N3O.ClH/c1-5-7-10-19(4)13-15-8-11-20(12-9-15)17(21)16(18)14(3)6-2;/h14-16H,5-13,18H2,1-4H3;1H. The Kier molecular flexibility index (Phi) is 11.1. The Labute approximate surface area is 143 Å². The summed E-state index contributed by atoms with van der Waals surface area (Å²) in [6, 6.07) is -0.321. The van der Waals surface area contributed by atoms with E-state index in [0.717, 1.165) is 38.3 Å². The molecule has 1 fully saturated rings. The Morgan fingerprint density at radius 3 is 2.41 bits per heavy atom. The summed E-state index contributed by atoms with van der Waals surface area (Å²) in [7, 11) is 2.21. The Hall–Kier alpha value is -0.320. The predicted octanol–water partition coefficient (Wildman–Crippen LogP) is 2.75. The van der Waals surface area contributed by atoms with E-state index in [0.29, 0.717) is 0 Å². The molecule has 1 aliphatic heterocycles. The second-order valence-electron chi connectivity index (χ2n) is 6.80. The van der Waals surface area contributed by atoms with Crippen LogP contribution in [0, 0.1) is 11.8 Å². The number of piperidine rings is 1. The first kappa shape index (κ1) is 21.7. The minimum atomic E-state index is -0.321. The molecule has 0 spiro atoms. The third-order valence-electron chi connectivity index (χ3n) is 4.93. The normalized spacial score (nSPS) is 18.9. The molecule has 0 aliphatic carbocycles. The van der Waals surface area contributed by atoms with E-state index in [1.54, 1.807) is 0 Å². The predicted molar refractivity (Wildman–Crippen MR) is 96.4 cm³/mol. The van der Waals surface area contributed by atoms with Crippen molar-refractivity contribution in [1.29, 1.82) is 0 Å². The smallest absolute Gasteiger partial charge is 0.239 e. The minimum absolute atomic E-state index is 0. The molecule has 1 amide bonds. The van der Waals surface area contributed by atoms with Crippen LogP contribution < -0.4 is 5.73 Å². The molecule has 1 saturated heterocycles. The Balaban J connectivity index is 0.00000441. The molecule has 1 rings (SSSR count). The third-order valence-corrected chi connectivity index (χ3v) is 4.93. The van der Waals surface area contributed by atoms with Crippen LogP contribution in [0.25, 0.3) is 0 Å². The summed E-state index contributed by atoms with van der Waals surface area (Å²) in [6.07, 6.45) is 5.73. The van der Waals surface area contributed by atoms with Crippen LogP contribution in [0.5, 0.6) is 0 Å². The van der Waals surface area contributed by atoms with Gasteiger partial charge >= 0.3 is 0 Å². The fourth-order valence-electron chi connectivity index (χ4n) is 3.00. The molecular weight excluding hydrogens is 298 g/mol. The molecule has 0 aromatic heterocycles. The van der Waals surface area contributed by atoms with Crippen LogP contribution >= 0.6 is 12.4 Å². The Bertz CT molecular complexity index is 306. The quantitative estimate of drug-likeness (QED) is 0.743. The lowest BCUT2D eigenvalue weighted by atomic mass is 9.93. The molecule has 0 radical (unpaired) electrons. The summed E-state index contributed by atoms with van der Waals surface area (Å²) in [5.74, 6) is 1.16. The number of carbonyl (C=O) groups is 1. The average molecular weight is 334 g/mol. The van der Waals surface area contributed by atoms with Crippen molar-refractivity contribution in [1.82, 2.24) is 9.80 Å². The van der Waals surface area contributed by atoms with Crippen LogP contribution in [0.1, 0.15) is 52.9 Å². The van der Waals surface area contributed by atoms with Crippen LogP contribution in [0.4, 0.5) is 0 Å². The van der Waals surface area contributed by atoms with Gasteiger partial charge < -0.3 is 15.5 Å². The van der Waals surface area contributed by atoms with Gasteiger partial charge in [0.1, 0.15) is 0 Å². The number of halogens is 1. The highest BCUT2D eigenvalue weighted by molar-refractivity contribution is 5.85. The number of rotatable bonds is 8. The topological polar surface area (TPSA) is 49.6 Å². The molecule has 4 nitrogen and oxygen atoms in total. The number of nitrogens with zero attached hydrogens (tertiary/aromatic N) is 2. The van der Waals surface area contributed by atoms with Crippen molar-refractivity contribution >= 4 is 18.3 Å². The van der Waals surface area contributed by atoms with Gasteiger partial charge in [0, 0.05) is 19.6 Å². The van der Waals surface area contributed by atoms with E-state index in [9.17, 15) is 4.79 Å². The summed E-state index contributed by atoms with van der Waals surface area (Å²) in [5.41, 5.74) is 6.07. The highest BCUT2D eigenvalue weighted by atomic mass is 35.5. The van der Waals surface area contributed by atoms with Crippen LogP contribution in [-0.2, 0) is 4.79 Å². The first-order valence-electron chi connectivity index (χ1n) is 8.72. The van der Waals surface area contributed by atoms with Crippen LogP contribution in [0.3, 0.4) is 0 Å². The molecule has 5 heteroatoms. The van der Waals surface area contributed by atoms with Crippen molar-refractivity contribution in [2.45, 2.75) is 58.9 Å². The second-order valence-corrected chi connectivity index (χ2v) is 6.80. The molecule has 2 unspecified atom stereocenters. The van der Waals surface area contributed by atoms with Crippen molar-refractivity contribution in [3.63, 3.8) is 0 Å². The van der Waals surface area contributed by atoms with Gasteiger partial charge in [-0.2, -0.15) is 0 Å². The Morgan fingerprint density at radius 2 is 1.91 bits per heavy atom. The summed E-state index contributed by atoms with van der Waals surface area (Å²) < 4.78 is 0. The molecule has 1 aliphatic rings. The summed E-state index contributed by atoms with van der Waals surface area (Å²) in [6.45, 7) is 10.5. The van der Waals surface area contributed by atoms with Gasteiger partial charge in [-0.05, 0) is 44.7 Å². The number of carbonyl (C=O) groups excluding carboxylic acids is 1. The molecule has 2 N–H and O–H groups in total. The van der Waals surface area contributed by atoms with E-state index >= 15 is 0 Å². The molecule has 0 aromatic rings. The number of hydrogen-bond acceptors (Lipinski definition) is 3. The number of amides is 1. The molecular formula is C17H36ClN3O. The van der Waals surface area contributed by atoms with Gasteiger partial charge in [-0.15, -0.1) is 12.4 Å². The van der Waals surface area contributed by atoms with Gasteiger partial charge in [0.05, 0.1) is 6.04 Å². The molecule has 1 heterocycles. The minimum Gasteiger partial charge on any atom is -0.341 e. The zero-order chi connectivity index (χ0) is 15.8. The van der Waals surface area contributed by atoms with Gasteiger partial charge in [-0.1, -0.05) is 33.6 Å². The number of likely N-dealkylation sites (tertiary alicyclic amines) is 1. The zero-order valence-electron chi connectivity index (χ0n) is 14.9. The monoisotopic (exact) mass is 333 g/mol. The number of hydrogen-bond donors (Lipinski definition) is 1. The third kappa shape index (κ3) is 6.84. The number of nitrogens with two attached hydrogens (primary N) is 1. The lowest BCUT2D eigenvalue weighted by Gasteiger charge is -2.36. The van der Waals surface area contributed by atoms with Gasteiger partial charge in [-0.3, -0.25) is 4.79 Å². The maximum Gasteiger partial charge on any atom is 0.239 e. The maximum atomic E-state index is 12.4. The largest absolute Gasteiger partial charge is 0.341 e. The summed E-state index contributed by atoms with van der Waals surface area (Å²) in [4.78, 5) is 16.8. The van der Waals surface area contributed by atoms with Crippen molar-refractivity contribution < 1.29 is 4.79 Å². The zero-order valence-corrected chi connectivity index (χ0v) is 15.7. The van der Waals surface area contributed by atoms with E-state index < -0.39 is 0 Å². The van der Waals surface area contributed by atoms with Gasteiger partial charge in [0.2, 0.25) is 5.91 Å². The van der Waals surface area contributed by atoms with Crippen LogP contribution in [-0.4, -0.2) is 55.0 Å². The van der Waals surface area contributed by atoms with Crippen molar-refractivity contribution in [2.24, 2.45) is 17.6 Å². The highest BCUT2D eigenvalue weighted by Crippen LogP contribution is 2.20. The van der Waals surface area contributed by atoms with E-state index in [-0.39, 0.29) is 30.3 Å². The molecule has 132 valence electrons. The van der Waals surface area contributed by atoms with Gasteiger partial charge in [-0.25, -0.2) is 0 Å². The van der Waals surface area contributed by atoms with Crippen LogP contribution in [0.2, 0.25) is 0 Å². The SMILES string of the molecule is CCCCN(C)CC1CCN(C(=O)C(N)C(C)CC)CC1.Cl. The fraction of sp³-hybridized carbons (Fsp3) is 0.941. The van der Waals surface area contributed by atoms with E-state index in [1.165, 1.54) is 25.9 Å². The van der Waals surface area contributed by atoms with E-state index in [4.69, 9.17) is 5.73 Å². The van der Waals surface area contributed by atoms with Gasteiger partial charge in [0.15, 0.2) is 0 Å². The summed E-state index contributed by atoms with van der Waals surface area (Å²) >= 11 is 0. The number of unbranched alkanes of at least 4 members (excludes halogenated alkanes) is 1. The average Bonchev–Trinajstić information content (AvgIpc) is 2.51. The van der Waals surface area contributed by atoms with Crippen LogP contribution in [0.15, 0.2) is 0 Å². The Morgan fingerprint density at radius 1 is 1.32 bits per heavy atom. The summed E-state index contributed by atoms with van der Waals surface area (Å²) in [5, 5.41) is 0. The van der Waals surface area contributed by atoms with Crippen molar-refractivity contribution in [3.05, 3.63) is 0 Å². The second kappa shape index (κ2) is 11.3.